The van der Waals surface area contributed by atoms with Crippen LogP contribution in [0.5, 0.6) is 17.2 Å². The van der Waals surface area contributed by atoms with E-state index in [1.165, 1.54) is 35.1 Å². The molecule has 0 aromatic heterocycles. The zero-order valence-corrected chi connectivity index (χ0v) is 45.7. The van der Waals surface area contributed by atoms with Gasteiger partial charge in [-0.1, -0.05) is 71.9 Å². The van der Waals surface area contributed by atoms with Crippen LogP contribution in [0.3, 0.4) is 0 Å². The maximum Gasteiger partial charge on any atom is 0.246 e. The van der Waals surface area contributed by atoms with Gasteiger partial charge in [-0.05, 0) is 105 Å². The smallest absolute Gasteiger partial charge is 0.246 e. The highest BCUT2D eigenvalue weighted by atomic mass is 16.5. The van der Waals surface area contributed by atoms with Crippen molar-refractivity contribution in [2.75, 3.05) is 34.3 Å². The largest absolute Gasteiger partial charge is 0.508 e. The van der Waals surface area contributed by atoms with Gasteiger partial charge in [0.1, 0.15) is 29.9 Å². The Balaban J connectivity index is 1.35. The highest BCUT2D eigenvalue weighted by Gasteiger charge is 2.47. The zero-order valence-electron chi connectivity index (χ0n) is 45.7. The lowest BCUT2D eigenvalue weighted by Crippen LogP contribution is -2.59. The number of phenols is 2. The van der Waals surface area contributed by atoms with E-state index in [0.29, 0.717) is 11.1 Å². The summed E-state index contributed by atoms with van der Waals surface area (Å²) < 4.78 is 5.22. The number of amides is 6. The number of carbonyl (C=O) groups excluding carboxylic acids is 8. The second kappa shape index (κ2) is 25.8. The first kappa shape index (κ1) is 60.0. The van der Waals surface area contributed by atoms with Crippen LogP contribution in [0.2, 0.25) is 0 Å². The Kier molecular flexibility index (Phi) is 20.3. The van der Waals surface area contributed by atoms with E-state index in [1.54, 1.807) is 91.2 Å². The number of methoxy groups -OCH3 is 1. The molecule has 20 nitrogen and oxygen atoms in total. The van der Waals surface area contributed by atoms with E-state index in [-0.39, 0.29) is 97.4 Å². The van der Waals surface area contributed by atoms with Crippen LogP contribution in [0.1, 0.15) is 118 Å². The van der Waals surface area contributed by atoms with Crippen LogP contribution < -0.4 is 36.6 Å². The molecule has 2 aliphatic rings. The van der Waals surface area contributed by atoms with Crippen molar-refractivity contribution in [3.8, 4) is 17.2 Å². The van der Waals surface area contributed by atoms with Crippen molar-refractivity contribution in [2.24, 2.45) is 22.7 Å². The van der Waals surface area contributed by atoms with Crippen LogP contribution >= 0.6 is 0 Å². The molecule has 3 aromatic rings. The number of Topliss-reactive ketones (excluding diaryl/α,β-unsaturated/α-hetero) is 2. The van der Waals surface area contributed by atoms with E-state index in [9.17, 15) is 53.7 Å². The number of rotatable bonds is 22. The molecule has 2 heterocycles. The third-order valence-electron chi connectivity index (χ3n) is 14.3. The molecule has 76 heavy (non-hydrogen) atoms. The van der Waals surface area contributed by atoms with Gasteiger partial charge < -0.3 is 61.8 Å². The van der Waals surface area contributed by atoms with Crippen molar-refractivity contribution < 1.29 is 58.4 Å². The van der Waals surface area contributed by atoms with Crippen LogP contribution in [-0.2, 0) is 48.5 Å². The Labute approximate surface area is 445 Å². The van der Waals surface area contributed by atoms with Crippen LogP contribution in [0, 0.1) is 22.7 Å². The van der Waals surface area contributed by atoms with Crippen molar-refractivity contribution in [1.82, 2.24) is 41.7 Å². The molecule has 8 atom stereocenters. The van der Waals surface area contributed by atoms with E-state index in [1.807, 2.05) is 20.8 Å². The molecule has 0 radical (unpaired) electrons. The summed E-state index contributed by atoms with van der Waals surface area (Å²) in [6.07, 6.45) is 0.0693. The topological polar surface area (TPSA) is 285 Å². The highest BCUT2D eigenvalue weighted by Crippen LogP contribution is 2.34. The third-order valence-corrected chi connectivity index (χ3v) is 14.3. The van der Waals surface area contributed by atoms with Gasteiger partial charge in [-0.3, -0.25) is 38.4 Å². The minimum absolute atomic E-state index is 0.0141. The van der Waals surface area contributed by atoms with Gasteiger partial charge in [0.25, 0.3) is 0 Å². The first-order chi connectivity index (χ1) is 35.7. The second-order valence-electron chi connectivity index (χ2n) is 22.3. The first-order valence-electron chi connectivity index (χ1n) is 25.8. The number of nitrogens with zero attached hydrogens (tertiary/aromatic N) is 2. The Morgan fingerprint density at radius 1 is 0.632 bits per heavy atom. The number of hydrogen-bond acceptors (Lipinski definition) is 14. The van der Waals surface area contributed by atoms with Gasteiger partial charge in [0, 0.05) is 55.7 Å². The zero-order chi connectivity index (χ0) is 56.4. The van der Waals surface area contributed by atoms with Gasteiger partial charge in [-0.15, -0.1) is 0 Å². The predicted molar refractivity (Wildman–Crippen MR) is 284 cm³/mol. The lowest BCUT2D eigenvalue weighted by atomic mass is 9.85. The van der Waals surface area contributed by atoms with Crippen molar-refractivity contribution in [1.29, 1.82) is 0 Å². The van der Waals surface area contributed by atoms with Crippen LogP contribution in [0.15, 0.2) is 60.7 Å². The summed E-state index contributed by atoms with van der Waals surface area (Å²) in [5.74, 6) is -4.38. The number of ketones is 2. The Bertz CT molecular complexity index is 2450. The molecule has 6 amide bonds. The molecule has 414 valence electrons. The van der Waals surface area contributed by atoms with Crippen LogP contribution in [-0.4, -0.2) is 143 Å². The van der Waals surface area contributed by atoms with Gasteiger partial charge in [0.15, 0.2) is 23.1 Å². The number of likely N-dealkylation sites (tertiary alicyclic amines) is 2. The number of phenolic OH excluding ortho intramolecular Hbond substituents is 1. The Morgan fingerprint density at radius 2 is 1.05 bits per heavy atom. The number of aromatic hydroxyl groups is 2. The van der Waals surface area contributed by atoms with Gasteiger partial charge in [-0.25, -0.2) is 0 Å². The van der Waals surface area contributed by atoms with Crippen molar-refractivity contribution in [2.45, 2.75) is 137 Å². The summed E-state index contributed by atoms with van der Waals surface area (Å²) in [4.78, 5) is 115. The SMILES string of the molecule is CN[C@@H](C)C(=O)N[C@H](C(=O)N1C[C@@H](CC(=O)c2cccc(C(=O)C[C@H]3C[C@@H](C(=O)NCc4ccc(O)c(OC)c4)N(C(=O)[C@@H](NC(=O)[C@H](C)NC)C(C)(C)C)C3)c2)C[C@H]1C(=O)NCc1ccc(O)c(CO)c1)C(C)(C)C. The Morgan fingerprint density at radius 3 is 1.45 bits per heavy atom. The number of likely N-dealkylation sites (N-methyl/N-ethyl adjacent to an activating group) is 2. The summed E-state index contributed by atoms with van der Waals surface area (Å²) in [6.45, 7) is 13.8. The lowest BCUT2D eigenvalue weighted by molar-refractivity contribution is -0.144. The molecule has 0 saturated carbocycles. The van der Waals surface area contributed by atoms with Gasteiger partial charge >= 0.3 is 0 Å². The third kappa shape index (κ3) is 15.2. The fourth-order valence-electron chi connectivity index (χ4n) is 9.50. The molecule has 3 aromatic carbocycles. The molecule has 2 saturated heterocycles. The van der Waals surface area contributed by atoms with E-state index in [2.05, 4.69) is 31.9 Å². The fourth-order valence-corrected chi connectivity index (χ4v) is 9.50. The predicted octanol–water partition coefficient (Wildman–Crippen LogP) is 3.09. The molecule has 0 unspecified atom stereocenters. The summed E-state index contributed by atoms with van der Waals surface area (Å²) in [6, 6.07) is 10.1. The van der Waals surface area contributed by atoms with Crippen molar-refractivity contribution in [3.63, 3.8) is 0 Å². The standard InChI is InChI=1S/C56H78N8O12/c1-31(57-9)49(70)61-47(55(3,4)5)53(74)63-28-35(20-40(63)51(72)59-26-33-15-17-42(66)39(19-33)30-65)22-44(68)37-13-12-14-38(25-37)45(69)23-36-21-41(52(73)60-27-34-16-18-43(67)46(24-34)76-11)64(29-36)54(75)48(56(6,7)8)62-50(71)32(2)58-10/h12-19,24-25,31-32,35-36,40-41,47-48,57-58,65-67H,20-23,26-30H2,1-11H3,(H,59,72)(H,60,73)(H,61,70)(H,62,71)/t31-,32-,35+,36+,40-,41-,47+,48+/m0/s1. The molecular formula is C56H78N8O12. The Hall–Kier alpha value is -6.90. The van der Waals surface area contributed by atoms with E-state index in [0.717, 1.165) is 0 Å². The number of benzene rings is 3. The molecule has 2 aliphatic heterocycles. The molecule has 5 rings (SSSR count). The van der Waals surface area contributed by atoms with E-state index in [4.69, 9.17) is 4.74 Å². The van der Waals surface area contributed by atoms with Gasteiger partial charge in [0.2, 0.25) is 35.4 Å². The average molecular weight is 1060 g/mol. The number of aliphatic hydroxyl groups excluding tert-OH is 1. The highest BCUT2D eigenvalue weighted by molar-refractivity contribution is 6.02. The average Bonchev–Trinajstić information content (AvgIpc) is 4.01. The van der Waals surface area contributed by atoms with Crippen molar-refractivity contribution >= 4 is 47.0 Å². The molecule has 0 spiro atoms. The number of carbonyl (C=O) groups is 8. The number of hydrogen-bond donors (Lipinski definition) is 9. The maximum absolute atomic E-state index is 14.6. The van der Waals surface area contributed by atoms with Crippen molar-refractivity contribution in [3.05, 3.63) is 88.5 Å². The van der Waals surface area contributed by atoms with E-state index < -0.39 is 101 Å². The quantitative estimate of drug-likeness (QED) is 0.0655. The summed E-state index contributed by atoms with van der Waals surface area (Å²) >= 11 is 0. The monoisotopic (exact) mass is 1050 g/mol. The van der Waals surface area contributed by atoms with Crippen LogP contribution in [0.25, 0.3) is 0 Å². The molecule has 9 N–H and O–H groups in total. The van der Waals surface area contributed by atoms with Gasteiger partial charge in [0.05, 0.1) is 25.8 Å². The minimum atomic E-state index is -1.04. The maximum atomic E-state index is 14.6. The fraction of sp³-hybridized carbons (Fsp3) is 0.536. The van der Waals surface area contributed by atoms with Gasteiger partial charge in [-0.2, -0.15) is 0 Å². The second-order valence-corrected chi connectivity index (χ2v) is 22.3. The normalized spacial score (nSPS) is 19.2. The molecule has 0 bridgehead atoms. The van der Waals surface area contributed by atoms with E-state index >= 15 is 0 Å². The number of nitrogens with one attached hydrogen (secondary N) is 6. The molecule has 0 aliphatic carbocycles. The minimum Gasteiger partial charge on any atom is -0.508 e. The molecule has 2 fully saturated rings. The van der Waals surface area contributed by atoms with Crippen LogP contribution in [0.4, 0.5) is 0 Å². The number of ether oxygens (including phenoxy) is 1. The first-order valence-corrected chi connectivity index (χ1v) is 25.8. The summed E-state index contributed by atoms with van der Waals surface area (Å²) in [5.41, 5.74) is 0.402. The number of aliphatic hydroxyl groups is 1. The summed E-state index contributed by atoms with van der Waals surface area (Å²) in [5, 5.41) is 47.1. The molecule has 20 heteroatoms. The lowest BCUT2D eigenvalue weighted by Gasteiger charge is -2.36. The molecular weight excluding hydrogens is 977 g/mol. The summed E-state index contributed by atoms with van der Waals surface area (Å²) in [7, 11) is 4.65.